The van der Waals surface area contributed by atoms with Crippen LogP contribution in [0.3, 0.4) is 0 Å². The Labute approximate surface area is 366 Å². The smallest absolute Gasteiger partial charge is 0.306 e. The predicted octanol–water partition coefficient (Wildman–Crippen LogP) is 15.1. The molecular formula is C53H97NO5. The number of hydrogen-bond acceptors (Lipinski definition) is 5. The molecule has 0 aliphatic rings. The number of carbonyl (C=O) groups excluding carboxylic acids is 2. The summed E-state index contributed by atoms with van der Waals surface area (Å²) in [5.74, 6) is -0.503. The summed E-state index contributed by atoms with van der Waals surface area (Å²) in [6.07, 6.45) is 56.0. The number of allylic oxidation sites excluding steroid dienone is 8. The lowest BCUT2D eigenvalue weighted by atomic mass is 10.0. The summed E-state index contributed by atoms with van der Waals surface area (Å²) in [6, 6.07) is -0.708. The lowest BCUT2D eigenvalue weighted by Gasteiger charge is -2.24. The molecule has 0 fully saturated rings. The Hall–Kier alpha value is -2.18. The first-order valence-corrected chi connectivity index (χ1v) is 25.4. The van der Waals surface area contributed by atoms with E-state index in [1.165, 1.54) is 116 Å². The standard InChI is InChI=1S/C53H97NO5/c1-4-7-10-13-16-19-22-24-25-26-27-28-29-31-34-37-40-43-46-53(58)59-49(44-41-38-35-32-30-23-20-17-14-11-8-5-2)47-52(57)54-50(48-55)51(56)45-42-39-36-33-21-18-15-12-9-6-3/h8,11,17,20,25-28,49-51,55-56H,4-7,9-10,12-16,18-19,21-24,29-48H2,1-3H3,(H,54,57)/b11-8+,20-17+,26-25+,28-27+. The first-order valence-electron chi connectivity index (χ1n) is 25.4. The summed E-state index contributed by atoms with van der Waals surface area (Å²) in [4.78, 5) is 26.1. The number of carbonyl (C=O) groups is 2. The van der Waals surface area contributed by atoms with Gasteiger partial charge in [-0.15, -0.1) is 0 Å². The van der Waals surface area contributed by atoms with Crippen molar-refractivity contribution in [2.24, 2.45) is 0 Å². The van der Waals surface area contributed by atoms with Gasteiger partial charge in [0.15, 0.2) is 0 Å². The maximum absolute atomic E-state index is 13.2. The van der Waals surface area contributed by atoms with E-state index in [1.54, 1.807) is 0 Å². The molecule has 0 bridgehead atoms. The Bertz CT molecular complexity index is 1020. The molecule has 0 aromatic carbocycles. The molecular weight excluding hydrogens is 731 g/mol. The fourth-order valence-electron chi connectivity index (χ4n) is 7.58. The van der Waals surface area contributed by atoms with Gasteiger partial charge in [0.05, 0.1) is 25.2 Å². The molecule has 59 heavy (non-hydrogen) atoms. The number of rotatable bonds is 45. The van der Waals surface area contributed by atoms with Crippen LogP contribution in [0.1, 0.15) is 252 Å². The second-order valence-corrected chi connectivity index (χ2v) is 17.2. The van der Waals surface area contributed by atoms with E-state index in [0.29, 0.717) is 19.3 Å². The molecule has 0 saturated heterocycles. The highest BCUT2D eigenvalue weighted by Crippen LogP contribution is 2.17. The average molecular weight is 828 g/mol. The van der Waals surface area contributed by atoms with Crippen LogP contribution in [-0.4, -0.2) is 46.9 Å². The zero-order valence-electron chi connectivity index (χ0n) is 39.1. The largest absolute Gasteiger partial charge is 0.462 e. The summed E-state index contributed by atoms with van der Waals surface area (Å²) >= 11 is 0. The van der Waals surface area contributed by atoms with Gasteiger partial charge < -0.3 is 20.3 Å². The first kappa shape index (κ1) is 56.8. The minimum Gasteiger partial charge on any atom is -0.462 e. The van der Waals surface area contributed by atoms with E-state index in [9.17, 15) is 19.8 Å². The van der Waals surface area contributed by atoms with Gasteiger partial charge in [0.2, 0.25) is 5.91 Å². The normalized spacial score (nSPS) is 13.6. The van der Waals surface area contributed by atoms with Crippen molar-refractivity contribution in [3.63, 3.8) is 0 Å². The third-order valence-corrected chi connectivity index (χ3v) is 11.4. The Morgan fingerprint density at radius 2 is 0.966 bits per heavy atom. The van der Waals surface area contributed by atoms with Crippen LogP contribution < -0.4 is 5.32 Å². The van der Waals surface area contributed by atoms with Crippen LogP contribution >= 0.6 is 0 Å². The third-order valence-electron chi connectivity index (χ3n) is 11.4. The highest BCUT2D eigenvalue weighted by molar-refractivity contribution is 5.77. The Balaban J connectivity index is 4.57. The molecule has 0 aliphatic heterocycles. The molecule has 0 aromatic rings. The van der Waals surface area contributed by atoms with Crippen molar-refractivity contribution < 1.29 is 24.5 Å². The minimum atomic E-state index is -0.793. The lowest BCUT2D eigenvalue weighted by Crippen LogP contribution is -2.46. The number of nitrogens with one attached hydrogen (secondary N) is 1. The molecule has 3 unspecified atom stereocenters. The lowest BCUT2D eigenvalue weighted by molar-refractivity contribution is -0.151. The monoisotopic (exact) mass is 828 g/mol. The van der Waals surface area contributed by atoms with Gasteiger partial charge in [0.1, 0.15) is 6.10 Å². The third kappa shape index (κ3) is 42.3. The first-order chi connectivity index (χ1) is 29.0. The quantitative estimate of drug-likeness (QED) is 0.0246. The maximum Gasteiger partial charge on any atom is 0.306 e. The minimum absolute atomic E-state index is 0.0618. The molecule has 0 saturated carbocycles. The van der Waals surface area contributed by atoms with E-state index in [-0.39, 0.29) is 24.9 Å². The molecule has 0 aromatic heterocycles. The van der Waals surface area contributed by atoms with Gasteiger partial charge in [-0.25, -0.2) is 0 Å². The Morgan fingerprint density at radius 1 is 0.525 bits per heavy atom. The number of aliphatic hydroxyl groups is 2. The summed E-state index contributed by atoms with van der Waals surface area (Å²) in [7, 11) is 0. The van der Waals surface area contributed by atoms with Crippen molar-refractivity contribution >= 4 is 11.9 Å². The van der Waals surface area contributed by atoms with Gasteiger partial charge in [0, 0.05) is 6.42 Å². The highest BCUT2D eigenvalue weighted by Gasteiger charge is 2.24. The number of unbranched alkanes of at least 4 members (excludes halogenated alkanes) is 26. The number of hydrogen-bond donors (Lipinski definition) is 3. The van der Waals surface area contributed by atoms with E-state index in [1.807, 2.05) is 0 Å². The molecule has 1 amide bonds. The van der Waals surface area contributed by atoms with Crippen molar-refractivity contribution in [1.29, 1.82) is 0 Å². The van der Waals surface area contributed by atoms with E-state index < -0.39 is 18.2 Å². The Kier molecular flexibility index (Phi) is 45.1. The van der Waals surface area contributed by atoms with Crippen molar-refractivity contribution in [2.75, 3.05) is 6.61 Å². The zero-order valence-corrected chi connectivity index (χ0v) is 39.1. The van der Waals surface area contributed by atoms with Crippen LogP contribution in [0.4, 0.5) is 0 Å². The van der Waals surface area contributed by atoms with E-state index in [2.05, 4.69) is 74.7 Å². The van der Waals surface area contributed by atoms with Crippen molar-refractivity contribution in [2.45, 2.75) is 270 Å². The average Bonchev–Trinajstić information content (AvgIpc) is 3.23. The van der Waals surface area contributed by atoms with E-state index >= 15 is 0 Å². The van der Waals surface area contributed by atoms with Gasteiger partial charge >= 0.3 is 5.97 Å². The van der Waals surface area contributed by atoms with Crippen molar-refractivity contribution in [3.8, 4) is 0 Å². The second-order valence-electron chi connectivity index (χ2n) is 17.2. The molecule has 0 spiro atoms. The molecule has 3 N–H and O–H groups in total. The van der Waals surface area contributed by atoms with E-state index in [4.69, 9.17) is 4.74 Å². The van der Waals surface area contributed by atoms with Gasteiger partial charge in [-0.3, -0.25) is 9.59 Å². The van der Waals surface area contributed by atoms with Crippen LogP contribution in [0, 0.1) is 0 Å². The molecule has 6 nitrogen and oxygen atoms in total. The molecule has 0 aliphatic carbocycles. The van der Waals surface area contributed by atoms with Gasteiger partial charge in [0.25, 0.3) is 0 Å². The number of esters is 1. The molecule has 3 atom stereocenters. The van der Waals surface area contributed by atoms with E-state index in [0.717, 1.165) is 89.9 Å². The van der Waals surface area contributed by atoms with Crippen LogP contribution in [-0.2, 0) is 14.3 Å². The number of aliphatic hydroxyl groups excluding tert-OH is 2. The van der Waals surface area contributed by atoms with Crippen LogP contribution in [0.25, 0.3) is 0 Å². The number of ether oxygens (including phenoxy) is 1. The highest BCUT2D eigenvalue weighted by atomic mass is 16.5. The zero-order chi connectivity index (χ0) is 43.1. The van der Waals surface area contributed by atoms with Crippen LogP contribution in [0.15, 0.2) is 48.6 Å². The fraction of sp³-hybridized carbons (Fsp3) is 0.811. The molecule has 344 valence electrons. The molecule has 0 radical (unpaired) electrons. The summed E-state index contributed by atoms with van der Waals surface area (Å²) < 4.78 is 5.91. The molecule has 6 heteroatoms. The SMILES string of the molecule is CC/C=C/C/C=C/CCCCCCCC(CC(=O)NC(CO)C(O)CCCCCCCCCCCC)OC(=O)CCCCCCC/C=C/C=C/CCCCCCCCC. The summed E-state index contributed by atoms with van der Waals surface area (Å²) in [5.41, 5.74) is 0. The number of amides is 1. The fourth-order valence-corrected chi connectivity index (χ4v) is 7.58. The van der Waals surface area contributed by atoms with Gasteiger partial charge in [-0.05, 0) is 77.0 Å². The van der Waals surface area contributed by atoms with Gasteiger partial charge in [-0.1, -0.05) is 211 Å². The van der Waals surface area contributed by atoms with Gasteiger partial charge in [-0.2, -0.15) is 0 Å². The Morgan fingerprint density at radius 3 is 1.47 bits per heavy atom. The van der Waals surface area contributed by atoms with Crippen LogP contribution in [0.2, 0.25) is 0 Å². The predicted molar refractivity (Wildman–Crippen MR) is 255 cm³/mol. The van der Waals surface area contributed by atoms with Crippen molar-refractivity contribution in [1.82, 2.24) is 5.32 Å². The summed E-state index contributed by atoms with van der Waals surface area (Å²) in [5, 5.41) is 23.7. The second kappa shape index (κ2) is 46.9. The molecule has 0 heterocycles. The maximum atomic E-state index is 13.2. The molecule has 0 rings (SSSR count). The van der Waals surface area contributed by atoms with Crippen LogP contribution in [0.5, 0.6) is 0 Å². The topological polar surface area (TPSA) is 95.9 Å². The van der Waals surface area contributed by atoms with Crippen molar-refractivity contribution in [3.05, 3.63) is 48.6 Å². The summed E-state index contributed by atoms with van der Waals surface area (Å²) in [6.45, 7) is 6.35.